The summed E-state index contributed by atoms with van der Waals surface area (Å²) in [7, 11) is 0. The maximum atomic E-state index is 12.5. The molecule has 1 amide bonds. The molecule has 0 aromatic heterocycles. The van der Waals surface area contributed by atoms with Crippen LogP contribution in [-0.4, -0.2) is 15.2 Å². The van der Waals surface area contributed by atoms with Gasteiger partial charge in [0.1, 0.15) is 4.33 Å². The summed E-state index contributed by atoms with van der Waals surface area (Å²) in [6, 6.07) is 5.95. The van der Waals surface area contributed by atoms with Gasteiger partial charge in [-0.2, -0.15) is 0 Å². The summed E-state index contributed by atoms with van der Waals surface area (Å²) < 4.78 is -0.534. The first-order valence-corrected chi connectivity index (χ1v) is 9.08. The average molecular weight is 369 g/mol. The number of hydrogen-bond acceptors (Lipinski definition) is 3. The fourth-order valence-electron chi connectivity index (χ4n) is 4.51. The lowest BCUT2D eigenvalue weighted by Gasteiger charge is -2.05. The van der Waals surface area contributed by atoms with Crippen LogP contribution in [0.4, 0.5) is 11.4 Å². The fraction of sp³-hybridized carbons (Fsp3) is 0.588. The molecule has 1 aromatic rings. The number of alkyl halides is 2. The Morgan fingerprint density at radius 3 is 2.12 bits per heavy atom. The van der Waals surface area contributed by atoms with Gasteiger partial charge in [0.2, 0.25) is 5.91 Å². The van der Waals surface area contributed by atoms with Gasteiger partial charge in [-0.3, -0.25) is 14.9 Å². The quantitative estimate of drug-likeness (QED) is 0.488. The Morgan fingerprint density at radius 1 is 1.08 bits per heavy atom. The second kappa shape index (κ2) is 5.60. The van der Waals surface area contributed by atoms with Crippen LogP contribution in [-0.2, 0) is 4.79 Å². The predicted molar refractivity (Wildman–Crippen MR) is 92.1 cm³/mol. The zero-order valence-corrected chi connectivity index (χ0v) is 14.5. The predicted octanol–water partition coefficient (Wildman–Crippen LogP) is 4.39. The van der Waals surface area contributed by atoms with E-state index >= 15 is 0 Å². The van der Waals surface area contributed by atoms with E-state index in [9.17, 15) is 14.9 Å². The van der Waals surface area contributed by atoms with Gasteiger partial charge in [-0.05, 0) is 61.5 Å². The second-order valence-corrected chi connectivity index (χ2v) is 8.63. The third kappa shape index (κ3) is 2.68. The van der Waals surface area contributed by atoms with Crippen LogP contribution >= 0.6 is 23.2 Å². The van der Waals surface area contributed by atoms with E-state index in [1.165, 1.54) is 12.1 Å². The van der Waals surface area contributed by atoms with Crippen molar-refractivity contribution in [2.75, 3.05) is 5.32 Å². The standard InChI is InChI=1S/C17H18Cl2N2O3/c18-17(19)13-7-5-11-12(6-8-14(13)17)15(11)16(22)20-9-1-3-10(4-2-9)21(23)24/h1-4,11-15H,5-8H2,(H,20,22)/t11-,12+,13-,14+,15?. The molecular formula is C17H18Cl2N2O3. The molecule has 0 radical (unpaired) electrons. The summed E-state index contributed by atoms with van der Waals surface area (Å²) in [6.07, 6.45) is 4.01. The number of carbonyl (C=O) groups excluding carboxylic acids is 1. The Kier molecular flexibility index (Phi) is 3.77. The zero-order chi connectivity index (χ0) is 17.1. The van der Waals surface area contributed by atoms with E-state index in [1.807, 2.05) is 0 Å². The molecule has 0 heterocycles. The van der Waals surface area contributed by atoms with Crippen LogP contribution in [0, 0.1) is 39.7 Å². The molecule has 5 atom stereocenters. The molecule has 7 heteroatoms. The van der Waals surface area contributed by atoms with Gasteiger partial charge < -0.3 is 5.32 Å². The van der Waals surface area contributed by atoms with Crippen LogP contribution in [0.5, 0.6) is 0 Å². The Morgan fingerprint density at radius 2 is 1.62 bits per heavy atom. The molecule has 3 saturated carbocycles. The van der Waals surface area contributed by atoms with E-state index in [2.05, 4.69) is 5.32 Å². The highest BCUT2D eigenvalue weighted by Crippen LogP contribution is 2.67. The Labute approximate surface area is 149 Å². The van der Waals surface area contributed by atoms with E-state index < -0.39 is 9.26 Å². The highest BCUT2D eigenvalue weighted by Gasteiger charge is 2.65. The number of halogens is 2. The molecule has 5 nitrogen and oxygen atoms in total. The summed E-state index contributed by atoms with van der Waals surface area (Å²) in [6.45, 7) is 0. The van der Waals surface area contributed by atoms with Crippen molar-refractivity contribution in [3.63, 3.8) is 0 Å². The topological polar surface area (TPSA) is 72.2 Å². The lowest BCUT2D eigenvalue weighted by atomic mass is 10.0. The highest BCUT2D eigenvalue weighted by atomic mass is 35.5. The largest absolute Gasteiger partial charge is 0.326 e. The molecule has 0 spiro atoms. The molecule has 3 aliphatic carbocycles. The zero-order valence-electron chi connectivity index (χ0n) is 13.0. The molecular weight excluding hydrogens is 351 g/mol. The third-order valence-electron chi connectivity index (χ3n) is 5.97. The maximum absolute atomic E-state index is 12.5. The van der Waals surface area contributed by atoms with E-state index in [1.54, 1.807) is 12.1 Å². The van der Waals surface area contributed by atoms with Crippen molar-refractivity contribution in [2.45, 2.75) is 30.0 Å². The number of nitro benzene ring substituents is 1. The summed E-state index contributed by atoms with van der Waals surface area (Å²) in [5, 5.41) is 13.6. The smallest absolute Gasteiger partial charge is 0.269 e. The molecule has 3 aliphatic rings. The lowest BCUT2D eigenvalue weighted by molar-refractivity contribution is -0.384. The normalized spacial score (nSPS) is 35.7. The first-order valence-electron chi connectivity index (χ1n) is 8.32. The number of nitro groups is 1. The highest BCUT2D eigenvalue weighted by molar-refractivity contribution is 6.51. The van der Waals surface area contributed by atoms with Gasteiger partial charge in [-0.25, -0.2) is 0 Å². The molecule has 24 heavy (non-hydrogen) atoms. The second-order valence-electron chi connectivity index (χ2n) is 7.19. The number of non-ortho nitro benzene ring substituents is 1. The summed E-state index contributed by atoms with van der Waals surface area (Å²) in [4.78, 5) is 22.7. The number of nitrogens with zero attached hydrogens (tertiary/aromatic N) is 1. The molecule has 0 aliphatic heterocycles. The van der Waals surface area contributed by atoms with Crippen LogP contribution < -0.4 is 5.32 Å². The van der Waals surface area contributed by atoms with Crippen molar-refractivity contribution in [2.24, 2.45) is 29.6 Å². The number of benzene rings is 1. The van der Waals surface area contributed by atoms with E-state index in [4.69, 9.17) is 23.2 Å². The van der Waals surface area contributed by atoms with E-state index in [-0.39, 0.29) is 17.5 Å². The van der Waals surface area contributed by atoms with Crippen LogP contribution in [0.1, 0.15) is 25.7 Å². The Hall–Kier alpha value is -1.33. The van der Waals surface area contributed by atoms with Crippen molar-refractivity contribution < 1.29 is 9.72 Å². The lowest BCUT2D eigenvalue weighted by Crippen LogP contribution is -2.15. The summed E-state index contributed by atoms with van der Waals surface area (Å²) in [5.74, 6) is 1.71. The molecule has 3 fully saturated rings. The molecule has 1 aromatic carbocycles. The number of nitrogens with one attached hydrogen (secondary N) is 1. The first kappa shape index (κ1) is 16.2. The number of carbonyl (C=O) groups is 1. The van der Waals surface area contributed by atoms with Gasteiger partial charge in [-0.1, -0.05) is 0 Å². The van der Waals surface area contributed by atoms with Crippen molar-refractivity contribution in [1.29, 1.82) is 0 Å². The SMILES string of the molecule is O=C(Nc1ccc([N+](=O)[O-])cc1)C1[C@H]2CC[C@H]3[C@@H](CC[C@@H]12)C3(Cl)Cl. The van der Waals surface area contributed by atoms with Crippen molar-refractivity contribution in [3.8, 4) is 0 Å². The van der Waals surface area contributed by atoms with Gasteiger partial charge >= 0.3 is 0 Å². The number of fused-ring (bicyclic) bond motifs is 2. The monoisotopic (exact) mass is 368 g/mol. The molecule has 4 rings (SSSR count). The average Bonchev–Trinajstić information content (AvgIpc) is 3.32. The van der Waals surface area contributed by atoms with Crippen LogP contribution in [0.3, 0.4) is 0 Å². The van der Waals surface area contributed by atoms with Crippen LogP contribution in [0.25, 0.3) is 0 Å². The van der Waals surface area contributed by atoms with Crippen molar-refractivity contribution >= 4 is 40.5 Å². The minimum Gasteiger partial charge on any atom is -0.326 e. The first-order chi connectivity index (χ1) is 11.4. The fourth-order valence-corrected chi connectivity index (χ4v) is 5.42. The van der Waals surface area contributed by atoms with Crippen LogP contribution in [0.2, 0.25) is 0 Å². The van der Waals surface area contributed by atoms with Crippen molar-refractivity contribution in [3.05, 3.63) is 34.4 Å². The Bertz CT molecular complexity index is 670. The van der Waals surface area contributed by atoms with Gasteiger partial charge in [0.25, 0.3) is 5.69 Å². The summed E-state index contributed by atoms with van der Waals surface area (Å²) in [5.41, 5.74) is 0.624. The van der Waals surface area contributed by atoms with E-state index in [0.717, 1.165) is 25.7 Å². The molecule has 0 bridgehead atoms. The summed E-state index contributed by atoms with van der Waals surface area (Å²) >= 11 is 12.6. The van der Waals surface area contributed by atoms with Gasteiger partial charge in [0, 0.05) is 23.7 Å². The maximum Gasteiger partial charge on any atom is 0.269 e. The molecule has 1 N–H and O–H groups in total. The van der Waals surface area contributed by atoms with Gasteiger partial charge in [0.05, 0.1) is 4.92 Å². The van der Waals surface area contributed by atoms with Crippen molar-refractivity contribution in [1.82, 2.24) is 0 Å². The van der Waals surface area contributed by atoms with Crippen LogP contribution in [0.15, 0.2) is 24.3 Å². The van der Waals surface area contributed by atoms with E-state index in [0.29, 0.717) is 29.4 Å². The number of hydrogen-bond donors (Lipinski definition) is 1. The number of anilines is 1. The molecule has 128 valence electrons. The third-order valence-corrected chi connectivity index (χ3v) is 7.09. The minimum absolute atomic E-state index is 0.0194. The minimum atomic E-state index is -0.534. The molecule has 0 saturated heterocycles. The molecule has 1 unspecified atom stereocenters. The number of rotatable bonds is 3. The van der Waals surface area contributed by atoms with Gasteiger partial charge in [-0.15, -0.1) is 23.2 Å². The van der Waals surface area contributed by atoms with Gasteiger partial charge in [0.15, 0.2) is 0 Å². The Balaban J connectivity index is 1.36. The number of amides is 1.